The van der Waals surface area contributed by atoms with Gasteiger partial charge in [0.15, 0.2) is 11.6 Å². The minimum Gasteiger partial charge on any atom is -0.481 e. The summed E-state index contributed by atoms with van der Waals surface area (Å²) < 4.78 is 0. The van der Waals surface area contributed by atoms with Gasteiger partial charge in [0.05, 0.1) is 17.4 Å². The van der Waals surface area contributed by atoms with Gasteiger partial charge in [0.1, 0.15) is 11.6 Å². The van der Waals surface area contributed by atoms with E-state index in [0.29, 0.717) is 36.0 Å². The van der Waals surface area contributed by atoms with Crippen molar-refractivity contribution in [1.29, 1.82) is 0 Å². The first-order valence-electron chi connectivity index (χ1n) is 13.4. The molecule has 0 aromatic carbocycles. The summed E-state index contributed by atoms with van der Waals surface area (Å²) in [6, 6.07) is 0. The molecule has 7 heteroatoms. The second-order valence-electron chi connectivity index (χ2n) is 13.3. The van der Waals surface area contributed by atoms with Crippen molar-refractivity contribution in [3.05, 3.63) is 22.8 Å². The lowest BCUT2D eigenvalue weighted by Gasteiger charge is -2.60. The Morgan fingerprint density at radius 1 is 1.08 bits per heavy atom. The van der Waals surface area contributed by atoms with Crippen molar-refractivity contribution in [3.63, 3.8) is 0 Å². The zero-order valence-electron chi connectivity index (χ0n) is 23.1. The van der Waals surface area contributed by atoms with Crippen LogP contribution in [0.1, 0.15) is 87.0 Å². The smallest absolute Gasteiger partial charge is 0.306 e. The third-order valence-electron chi connectivity index (χ3n) is 10.9. The second-order valence-corrected chi connectivity index (χ2v) is 13.3. The number of carboxylic acid groups (broad SMARTS) is 1. The van der Waals surface area contributed by atoms with Crippen molar-refractivity contribution < 1.29 is 34.2 Å². The summed E-state index contributed by atoms with van der Waals surface area (Å²) in [6.45, 7) is 12.9. The van der Waals surface area contributed by atoms with Gasteiger partial charge in [0, 0.05) is 42.1 Å². The Labute approximate surface area is 218 Å². The molecule has 0 aliphatic heterocycles. The van der Waals surface area contributed by atoms with E-state index in [-0.39, 0.29) is 54.2 Å². The Kier molecular flexibility index (Phi) is 6.38. The SMILES string of the molecule is C/C(=C\C(=O)CC(C)C(=O)O)C1CC(=O)C2(C)C3=C(C(=O)CC12C)C1(C)CCC(=O)C(C)(C)C1C[C@@H]3O. The van der Waals surface area contributed by atoms with Crippen molar-refractivity contribution in [2.45, 2.75) is 93.1 Å². The molecule has 0 aromatic rings. The standard InChI is InChI=1S/C30H40O7/c1-15(10-17(31)11-16(2)26(36)37)18-12-23(35)30(7)25-19(32)13-21-27(3,4)22(34)8-9-28(21,5)24(25)20(33)14-29(18,30)6/h10,16,18-19,21,32H,8-9,11-14H2,1-7H3,(H,36,37)/b15-10+/t16?,18?,19-,21?,28?,29?,30?/m0/s1. The Morgan fingerprint density at radius 2 is 1.70 bits per heavy atom. The molecule has 2 N–H and O–H groups in total. The molecule has 4 rings (SSSR count). The van der Waals surface area contributed by atoms with Crippen LogP contribution in [0.4, 0.5) is 0 Å². The summed E-state index contributed by atoms with van der Waals surface area (Å²) in [5.74, 6) is -2.74. The number of rotatable bonds is 5. The van der Waals surface area contributed by atoms with Crippen molar-refractivity contribution in [2.24, 2.45) is 39.4 Å². The van der Waals surface area contributed by atoms with Gasteiger partial charge >= 0.3 is 5.97 Å². The molecule has 7 atom stereocenters. The molecule has 0 radical (unpaired) electrons. The molecule has 4 aliphatic carbocycles. The van der Waals surface area contributed by atoms with Gasteiger partial charge in [0.2, 0.25) is 0 Å². The minimum absolute atomic E-state index is 0.0497. The van der Waals surface area contributed by atoms with Crippen LogP contribution in [0.5, 0.6) is 0 Å². The highest BCUT2D eigenvalue weighted by Gasteiger charge is 2.70. The van der Waals surface area contributed by atoms with Gasteiger partial charge in [-0.25, -0.2) is 0 Å². The molecular weight excluding hydrogens is 472 g/mol. The largest absolute Gasteiger partial charge is 0.481 e. The third-order valence-corrected chi connectivity index (χ3v) is 10.9. The number of hydrogen-bond donors (Lipinski definition) is 2. The van der Waals surface area contributed by atoms with E-state index in [1.54, 1.807) is 6.92 Å². The van der Waals surface area contributed by atoms with Crippen molar-refractivity contribution in [2.75, 3.05) is 0 Å². The van der Waals surface area contributed by atoms with E-state index in [0.717, 1.165) is 0 Å². The molecule has 4 aliphatic rings. The quantitative estimate of drug-likeness (QED) is 0.527. The van der Waals surface area contributed by atoms with E-state index in [9.17, 15) is 29.1 Å². The highest BCUT2D eigenvalue weighted by atomic mass is 16.4. The van der Waals surface area contributed by atoms with E-state index < -0.39 is 39.7 Å². The van der Waals surface area contributed by atoms with Crippen LogP contribution >= 0.6 is 0 Å². The van der Waals surface area contributed by atoms with Crippen molar-refractivity contribution in [3.8, 4) is 0 Å². The zero-order chi connectivity index (χ0) is 27.9. The first-order chi connectivity index (χ1) is 16.9. The molecule has 37 heavy (non-hydrogen) atoms. The van der Waals surface area contributed by atoms with Gasteiger partial charge in [-0.05, 0) is 55.6 Å². The molecular formula is C30H40O7. The van der Waals surface area contributed by atoms with Gasteiger partial charge in [-0.3, -0.25) is 24.0 Å². The van der Waals surface area contributed by atoms with Crippen LogP contribution in [-0.2, 0) is 24.0 Å². The number of allylic oxidation sites excluding steroid dienone is 3. The number of carbonyl (C=O) groups excluding carboxylic acids is 4. The predicted octanol–water partition coefficient (Wildman–Crippen LogP) is 4.26. The molecule has 0 spiro atoms. The van der Waals surface area contributed by atoms with Gasteiger partial charge in [-0.15, -0.1) is 0 Å². The van der Waals surface area contributed by atoms with Crippen LogP contribution < -0.4 is 0 Å². The average Bonchev–Trinajstić information content (AvgIpc) is 2.99. The van der Waals surface area contributed by atoms with Crippen LogP contribution in [-0.4, -0.2) is 45.4 Å². The van der Waals surface area contributed by atoms with E-state index in [1.165, 1.54) is 13.0 Å². The lowest BCUT2D eigenvalue weighted by atomic mass is 9.42. The fourth-order valence-corrected chi connectivity index (χ4v) is 8.51. The maximum atomic E-state index is 14.0. The lowest BCUT2D eigenvalue weighted by molar-refractivity contribution is -0.146. The number of carbonyl (C=O) groups is 5. The normalized spacial score (nSPS) is 40.2. The van der Waals surface area contributed by atoms with E-state index in [2.05, 4.69) is 0 Å². The maximum Gasteiger partial charge on any atom is 0.306 e. The summed E-state index contributed by atoms with van der Waals surface area (Å²) in [5, 5.41) is 20.7. The number of aliphatic hydroxyl groups is 1. The predicted molar refractivity (Wildman–Crippen MR) is 136 cm³/mol. The first kappa shape index (κ1) is 27.6. The lowest BCUT2D eigenvalue weighted by Crippen LogP contribution is -2.59. The number of ketones is 4. The fraction of sp³-hybridized carbons (Fsp3) is 0.700. The molecule has 0 bridgehead atoms. The number of aliphatic hydroxyl groups excluding tert-OH is 1. The Bertz CT molecular complexity index is 1170. The second kappa shape index (κ2) is 8.55. The van der Waals surface area contributed by atoms with Crippen LogP contribution in [0.3, 0.4) is 0 Å². The molecule has 0 aromatic heterocycles. The van der Waals surface area contributed by atoms with Crippen LogP contribution in [0.2, 0.25) is 0 Å². The zero-order valence-corrected chi connectivity index (χ0v) is 23.1. The molecule has 0 heterocycles. The number of Topliss-reactive ketones (excluding diaryl/α,β-unsaturated/α-hetero) is 3. The van der Waals surface area contributed by atoms with Crippen molar-refractivity contribution in [1.82, 2.24) is 0 Å². The van der Waals surface area contributed by atoms with Gasteiger partial charge in [0.25, 0.3) is 0 Å². The summed E-state index contributed by atoms with van der Waals surface area (Å²) in [5.41, 5.74) is -1.43. The Morgan fingerprint density at radius 3 is 2.30 bits per heavy atom. The maximum absolute atomic E-state index is 14.0. The third kappa shape index (κ3) is 3.67. The fourth-order valence-electron chi connectivity index (χ4n) is 8.51. The molecule has 0 amide bonds. The minimum atomic E-state index is -1.08. The number of hydrogen-bond acceptors (Lipinski definition) is 6. The highest BCUT2D eigenvalue weighted by Crippen LogP contribution is 2.70. The Hall–Kier alpha value is -2.41. The van der Waals surface area contributed by atoms with E-state index in [1.807, 2.05) is 34.6 Å². The Balaban J connectivity index is 1.81. The monoisotopic (exact) mass is 512 g/mol. The highest BCUT2D eigenvalue weighted by molar-refractivity contribution is 6.06. The van der Waals surface area contributed by atoms with E-state index >= 15 is 0 Å². The molecule has 2 fully saturated rings. The number of carboxylic acids is 1. The topological polar surface area (TPSA) is 126 Å². The van der Waals surface area contributed by atoms with Crippen molar-refractivity contribution >= 4 is 29.1 Å². The molecule has 2 saturated carbocycles. The number of aliphatic carboxylic acids is 1. The number of fused-ring (bicyclic) bond motifs is 4. The summed E-state index contributed by atoms with van der Waals surface area (Å²) in [4.78, 5) is 64.5. The van der Waals surface area contributed by atoms with Gasteiger partial charge < -0.3 is 10.2 Å². The molecule has 0 saturated heterocycles. The van der Waals surface area contributed by atoms with Crippen LogP contribution in [0.15, 0.2) is 22.8 Å². The summed E-state index contributed by atoms with van der Waals surface area (Å²) in [7, 11) is 0. The van der Waals surface area contributed by atoms with Crippen LogP contribution in [0.25, 0.3) is 0 Å². The molecule has 7 nitrogen and oxygen atoms in total. The summed E-state index contributed by atoms with van der Waals surface area (Å²) >= 11 is 0. The first-order valence-corrected chi connectivity index (χ1v) is 13.4. The van der Waals surface area contributed by atoms with E-state index in [4.69, 9.17) is 5.11 Å². The molecule has 6 unspecified atom stereocenters. The summed E-state index contributed by atoms with van der Waals surface area (Å²) in [6.07, 6.45) is 1.78. The van der Waals surface area contributed by atoms with Crippen LogP contribution in [0, 0.1) is 39.4 Å². The van der Waals surface area contributed by atoms with Gasteiger partial charge in [-0.2, -0.15) is 0 Å². The van der Waals surface area contributed by atoms with Gasteiger partial charge in [-0.1, -0.05) is 40.2 Å². The average molecular weight is 513 g/mol. The molecule has 202 valence electrons.